The zero-order valence-corrected chi connectivity index (χ0v) is 34.3. The molecule has 0 saturated carbocycles. The Labute approximate surface area is 353 Å². The molecule has 1 aliphatic carbocycles. The summed E-state index contributed by atoms with van der Waals surface area (Å²) in [6.07, 6.45) is 0. The van der Waals surface area contributed by atoms with Gasteiger partial charge in [-0.1, -0.05) is 182 Å². The number of rotatable bonds is 5. The second-order valence-electron chi connectivity index (χ2n) is 16.0. The van der Waals surface area contributed by atoms with E-state index in [-0.39, 0.29) is 0 Å². The Kier molecular flexibility index (Phi) is 7.55. The van der Waals surface area contributed by atoms with Crippen molar-refractivity contribution >= 4 is 98.4 Å². The van der Waals surface area contributed by atoms with Crippen molar-refractivity contribution in [1.29, 1.82) is 0 Å². The monoisotopic (exact) mass is 794 g/mol. The van der Waals surface area contributed by atoms with Crippen LogP contribution in [0.3, 0.4) is 0 Å². The summed E-state index contributed by atoms with van der Waals surface area (Å²) < 4.78 is 2.67. The SMILES string of the molecule is c1ccc(-c2c3c(c(-c4ccccc4)c4ccccc24)-c2cc4sc5ccc(P(c6ccc7ccccc7c6)c6ccc7ccccc7c6)cc5c4c4cccc-3c24)cc1. The Hall–Kier alpha value is -6.89. The van der Waals surface area contributed by atoms with Crippen molar-refractivity contribution in [3.05, 3.63) is 212 Å². The molecule has 0 N–H and O–H groups in total. The van der Waals surface area contributed by atoms with Gasteiger partial charge in [-0.15, -0.1) is 11.3 Å². The average molecular weight is 795 g/mol. The molecule has 0 saturated heterocycles. The fourth-order valence-corrected chi connectivity index (χ4v) is 13.7. The molecule has 0 unspecified atom stereocenters. The average Bonchev–Trinajstić information content (AvgIpc) is 3.85. The van der Waals surface area contributed by atoms with Gasteiger partial charge in [-0.25, -0.2) is 0 Å². The van der Waals surface area contributed by atoms with Crippen LogP contribution in [-0.4, -0.2) is 0 Å². The molecule has 0 atom stereocenters. The highest BCUT2D eigenvalue weighted by atomic mass is 32.1. The fraction of sp³-hybridized carbons (Fsp3) is 0. The Balaban J connectivity index is 1.10. The molecule has 0 aliphatic heterocycles. The number of fused-ring (bicyclic) bond motifs is 10. The molecule has 2 heteroatoms. The minimum atomic E-state index is -0.857. The molecule has 0 nitrogen and oxygen atoms in total. The van der Waals surface area contributed by atoms with E-state index in [0.717, 1.165) is 0 Å². The van der Waals surface area contributed by atoms with Gasteiger partial charge >= 0.3 is 0 Å². The van der Waals surface area contributed by atoms with E-state index in [0.29, 0.717) is 0 Å². The second kappa shape index (κ2) is 13.3. The first kappa shape index (κ1) is 34.0. The van der Waals surface area contributed by atoms with Crippen LogP contribution in [0.2, 0.25) is 0 Å². The van der Waals surface area contributed by atoms with Crippen LogP contribution in [0.25, 0.3) is 108 Å². The third-order valence-electron chi connectivity index (χ3n) is 12.7. The molecule has 1 aliphatic rings. The van der Waals surface area contributed by atoms with Crippen molar-refractivity contribution in [2.75, 3.05) is 0 Å². The predicted molar refractivity (Wildman–Crippen MR) is 263 cm³/mol. The molecule has 1 aromatic heterocycles. The summed E-state index contributed by atoms with van der Waals surface area (Å²) in [5, 5.41) is 17.2. The Bertz CT molecular complexity index is 3630. The summed E-state index contributed by atoms with van der Waals surface area (Å²) >= 11 is 1.93. The lowest BCUT2D eigenvalue weighted by molar-refractivity contribution is 1.62. The molecule has 1 heterocycles. The zero-order valence-electron chi connectivity index (χ0n) is 32.6. The van der Waals surface area contributed by atoms with Crippen LogP contribution in [0.15, 0.2) is 212 Å². The van der Waals surface area contributed by atoms with Gasteiger partial charge in [0.25, 0.3) is 0 Å². The lowest BCUT2D eigenvalue weighted by atomic mass is 9.82. The van der Waals surface area contributed by atoms with E-state index in [1.54, 1.807) is 0 Å². The summed E-state index contributed by atoms with van der Waals surface area (Å²) in [4.78, 5) is 0. The lowest BCUT2D eigenvalue weighted by Crippen LogP contribution is -2.20. The van der Waals surface area contributed by atoms with Crippen LogP contribution in [0.1, 0.15) is 0 Å². The van der Waals surface area contributed by atoms with E-state index in [9.17, 15) is 0 Å². The molecule has 0 fully saturated rings. The van der Waals surface area contributed by atoms with E-state index < -0.39 is 7.92 Å². The van der Waals surface area contributed by atoms with Crippen molar-refractivity contribution in [1.82, 2.24) is 0 Å². The van der Waals surface area contributed by atoms with Crippen molar-refractivity contribution in [2.45, 2.75) is 0 Å². The van der Waals surface area contributed by atoms with Crippen LogP contribution in [0.4, 0.5) is 0 Å². The van der Waals surface area contributed by atoms with Crippen LogP contribution >= 0.6 is 19.3 Å². The van der Waals surface area contributed by atoms with E-state index >= 15 is 0 Å². The fourth-order valence-electron chi connectivity index (χ4n) is 10.1. The maximum Gasteiger partial charge on any atom is 0.0368 e. The topological polar surface area (TPSA) is 0 Å². The Morgan fingerprint density at radius 1 is 0.283 bits per heavy atom. The first-order valence-electron chi connectivity index (χ1n) is 20.7. The van der Waals surface area contributed by atoms with E-state index in [4.69, 9.17) is 0 Å². The molecular formula is C58H35PS. The Morgan fingerprint density at radius 2 is 0.783 bits per heavy atom. The van der Waals surface area contributed by atoms with Gasteiger partial charge in [-0.3, -0.25) is 0 Å². The second-order valence-corrected chi connectivity index (χ2v) is 19.3. The summed E-state index contributed by atoms with van der Waals surface area (Å²) in [7, 11) is -0.857. The number of benzene rings is 11. The molecular weight excluding hydrogens is 760 g/mol. The third kappa shape index (κ3) is 5.07. The van der Waals surface area contributed by atoms with Gasteiger partial charge in [0.1, 0.15) is 0 Å². The van der Waals surface area contributed by atoms with E-state index in [1.165, 1.54) is 124 Å². The number of hydrogen-bond donors (Lipinski definition) is 0. The van der Waals surface area contributed by atoms with E-state index in [1.807, 2.05) is 11.3 Å². The van der Waals surface area contributed by atoms with Gasteiger partial charge in [-0.2, -0.15) is 0 Å². The van der Waals surface area contributed by atoms with Gasteiger partial charge in [0.15, 0.2) is 0 Å². The van der Waals surface area contributed by atoms with Crippen LogP contribution < -0.4 is 15.9 Å². The highest BCUT2D eigenvalue weighted by Crippen LogP contribution is 2.59. The smallest absolute Gasteiger partial charge is 0.0368 e. The third-order valence-corrected chi connectivity index (χ3v) is 16.2. The molecule has 0 radical (unpaired) electrons. The Morgan fingerprint density at radius 3 is 1.40 bits per heavy atom. The highest BCUT2D eigenvalue weighted by molar-refractivity contribution is 7.79. The first-order chi connectivity index (χ1) is 29.8. The quantitative estimate of drug-likeness (QED) is 0.152. The minimum absolute atomic E-state index is 0.857. The largest absolute Gasteiger partial charge is 0.135 e. The van der Waals surface area contributed by atoms with Gasteiger partial charge < -0.3 is 0 Å². The molecule has 0 spiro atoms. The number of hydrogen-bond acceptors (Lipinski definition) is 1. The van der Waals surface area contributed by atoms with Gasteiger partial charge in [0.05, 0.1) is 0 Å². The van der Waals surface area contributed by atoms with Crippen LogP contribution in [0, 0.1) is 0 Å². The molecule has 60 heavy (non-hydrogen) atoms. The molecule has 0 bridgehead atoms. The van der Waals surface area contributed by atoms with Gasteiger partial charge in [0, 0.05) is 20.2 Å². The summed E-state index contributed by atoms with van der Waals surface area (Å²) in [6.45, 7) is 0. The van der Waals surface area contributed by atoms with Crippen molar-refractivity contribution in [3.8, 4) is 44.5 Å². The van der Waals surface area contributed by atoms with Crippen LogP contribution in [0.5, 0.6) is 0 Å². The molecule has 0 amide bonds. The molecule has 11 aromatic carbocycles. The maximum atomic E-state index is 2.54. The predicted octanol–water partition coefficient (Wildman–Crippen LogP) is 15.4. The first-order valence-corrected chi connectivity index (χ1v) is 22.8. The summed E-state index contributed by atoms with van der Waals surface area (Å²) in [5.41, 5.74) is 10.5. The van der Waals surface area contributed by atoms with Crippen molar-refractivity contribution in [3.63, 3.8) is 0 Å². The minimum Gasteiger partial charge on any atom is -0.135 e. The van der Waals surface area contributed by atoms with E-state index in [2.05, 4.69) is 212 Å². The normalized spacial score (nSPS) is 12.2. The number of thiophene rings is 1. The summed E-state index contributed by atoms with van der Waals surface area (Å²) in [5.74, 6) is 0. The maximum absolute atomic E-state index is 2.54. The lowest BCUT2D eigenvalue weighted by Gasteiger charge is -2.21. The standard InChI is InChI=1S/C58H35PS/c1-3-16-38(17-4-1)53-45-22-11-12-23-46(45)54(39-18-5-2-6-19-39)58-50-35-52-56(47-24-13-25-48(55(47)50)57(53)58)49-34-44(30-31-51(49)60-52)59(42-28-26-36-14-7-9-20-40(36)32-42)43-29-27-37-15-8-10-21-41(37)33-43/h1-35H. The van der Waals surface area contributed by atoms with Crippen molar-refractivity contribution in [2.24, 2.45) is 0 Å². The highest BCUT2D eigenvalue weighted by Gasteiger charge is 2.32. The van der Waals surface area contributed by atoms with Gasteiger partial charge in [0.2, 0.25) is 0 Å². The molecule has 278 valence electrons. The summed E-state index contributed by atoms with van der Waals surface area (Å²) in [6, 6.07) is 79.8. The van der Waals surface area contributed by atoms with Crippen molar-refractivity contribution < 1.29 is 0 Å². The molecule has 12 aromatic rings. The zero-order chi connectivity index (χ0) is 39.3. The van der Waals surface area contributed by atoms with Crippen LogP contribution in [-0.2, 0) is 0 Å². The van der Waals surface area contributed by atoms with Gasteiger partial charge in [-0.05, 0) is 142 Å². The molecule has 13 rings (SSSR count).